The van der Waals surface area contributed by atoms with Crippen molar-refractivity contribution in [3.8, 4) is 11.5 Å². The van der Waals surface area contributed by atoms with Crippen molar-refractivity contribution in [2.75, 3.05) is 20.3 Å². The van der Waals surface area contributed by atoms with E-state index in [2.05, 4.69) is 0 Å². The van der Waals surface area contributed by atoms with E-state index in [1.54, 1.807) is 7.11 Å². The predicted octanol–water partition coefficient (Wildman–Crippen LogP) is 0.800. The Labute approximate surface area is 88.9 Å². The normalized spacial score (nSPS) is 25.2. The first kappa shape index (κ1) is 10.3. The van der Waals surface area contributed by atoms with Crippen molar-refractivity contribution >= 4 is 0 Å². The third kappa shape index (κ3) is 2.22. The van der Waals surface area contributed by atoms with E-state index in [9.17, 15) is 0 Å². The van der Waals surface area contributed by atoms with Gasteiger partial charge in [0.2, 0.25) is 0 Å². The van der Waals surface area contributed by atoms with Gasteiger partial charge in [0.25, 0.3) is 0 Å². The molecule has 0 aromatic heterocycles. The molecule has 82 valence electrons. The summed E-state index contributed by atoms with van der Waals surface area (Å²) in [5.74, 6) is 1.43. The molecule has 1 fully saturated rings. The fourth-order valence-electron chi connectivity index (χ4n) is 1.55. The molecule has 0 amide bonds. The topological polar surface area (TPSA) is 53.7 Å². The lowest BCUT2D eigenvalue weighted by molar-refractivity contribution is 0.137. The maximum absolute atomic E-state index is 5.83. The van der Waals surface area contributed by atoms with Crippen LogP contribution in [0.2, 0.25) is 0 Å². The molecule has 1 heterocycles. The second kappa shape index (κ2) is 4.51. The molecule has 2 atom stereocenters. The summed E-state index contributed by atoms with van der Waals surface area (Å²) >= 11 is 0. The van der Waals surface area contributed by atoms with Gasteiger partial charge in [0, 0.05) is 0 Å². The summed E-state index contributed by atoms with van der Waals surface area (Å²) in [4.78, 5) is 0. The van der Waals surface area contributed by atoms with E-state index in [0.717, 1.165) is 5.75 Å². The van der Waals surface area contributed by atoms with Crippen molar-refractivity contribution in [1.29, 1.82) is 0 Å². The second-order valence-corrected chi connectivity index (χ2v) is 3.51. The lowest BCUT2D eigenvalue weighted by Crippen LogP contribution is -2.37. The number of methoxy groups -OCH3 is 1. The molecule has 0 saturated carbocycles. The second-order valence-electron chi connectivity index (χ2n) is 3.51. The van der Waals surface area contributed by atoms with Crippen LogP contribution in [0, 0.1) is 0 Å². The minimum Gasteiger partial charge on any atom is -0.493 e. The number of rotatable bonds is 3. The van der Waals surface area contributed by atoms with Crippen molar-refractivity contribution in [3.63, 3.8) is 0 Å². The molecule has 4 heteroatoms. The minimum atomic E-state index is -0.0821. The van der Waals surface area contributed by atoms with Gasteiger partial charge in [-0.3, -0.25) is 0 Å². The van der Waals surface area contributed by atoms with Gasteiger partial charge in [0.1, 0.15) is 6.10 Å². The SMILES string of the molecule is COc1ccccc1O[C@H]1COC[C@H]1N. The lowest BCUT2D eigenvalue weighted by atomic mass is 10.2. The van der Waals surface area contributed by atoms with Gasteiger partial charge in [-0.25, -0.2) is 0 Å². The van der Waals surface area contributed by atoms with E-state index in [-0.39, 0.29) is 12.1 Å². The molecular weight excluding hydrogens is 194 g/mol. The summed E-state index contributed by atoms with van der Waals surface area (Å²) < 4.78 is 16.1. The Morgan fingerprint density at radius 3 is 2.60 bits per heavy atom. The highest BCUT2D eigenvalue weighted by molar-refractivity contribution is 5.39. The molecule has 0 unspecified atom stereocenters. The molecular formula is C11H15NO3. The first-order chi connectivity index (χ1) is 7.31. The zero-order chi connectivity index (χ0) is 10.7. The van der Waals surface area contributed by atoms with Crippen LogP contribution in [0.25, 0.3) is 0 Å². The van der Waals surface area contributed by atoms with E-state index in [0.29, 0.717) is 19.0 Å². The summed E-state index contributed by atoms with van der Waals surface area (Å²) in [5.41, 5.74) is 5.83. The van der Waals surface area contributed by atoms with Crippen LogP contribution in [0.5, 0.6) is 11.5 Å². The molecule has 4 nitrogen and oxygen atoms in total. The molecule has 0 aliphatic carbocycles. The predicted molar refractivity (Wildman–Crippen MR) is 56.2 cm³/mol. The van der Waals surface area contributed by atoms with E-state index in [1.165, 1.54) is 0 Å². The average Bonchev–Trinajstić information content (AvgIpc) is 2.65. The highest BCUT2D eigenvalue weighted by atomic mass is 16.6. The van der Waals surface area contributed by atoms with Crippen LogP contribution in [0.3, 0.4) is 0 Å². The molecule has 1 saturated heterocycles. The number of para-hydroxylation sites is 2. The smallest absolute Gasteiger partial charge is 0.161 e. The molecule has 2 rings (SSSR count). The first-order valence-corrected chi connectivity index (χ1v) is 4.94. The molecule has 1 aromatic carbocycles. The van der Waals surface area contributed by atoms with Gasteiger partial charge in [-0.2, -0.15) is 0 Å². The molecule has 1 aliphatic heterocycles. The van der Waals surface area contributed by atoms with Gasteiger partial charge in [0.15, 0.2) is 11.5 Å². The van der Waals surface area contributed by atoms with E-state index in [1.807, 2.05) is 24.3 Å². The fourth-order valence-corrected chi connectivity index (χ4v) is 1.55. The van der Waals surface area contributed by atoms with Crippen LogP contribution >= 0.6 is 0 Å². The Kier molecular flexibility index (Phi) is 3.08. The number of hydrogen-bond acceptors (Lipinski definition) is 4. The monoisotopic (exact) mass is 209 g/mol. The van der Waals surface area contributed by atoms with Gasteiger partial charge in [-0.05, 0) is 12.1 Å². The van der Waals surface area contributed by atoms with Crippen LogP contribution in [-0.2, 0) is 4.74 Å². The quantitative estimate of drug-likeness (QED) is 0.800. The third-order valence-electron chi connectivity index (χ3n) is 2.42. The van der Waals surface area contributed by atoms with Crippen LogP contribution in [-0.4, -0.2) is 32.5 Å². The number of nitrogens with two attached hydrogens (primary N) is 1. The zero-order valence-corrected chi connectivity index (χ0v) is 8.68. The average molecular weight is 209 g/mol. The van der Waals surface area contributed by atoms with Crippen molar-refractivity contribution in [2.24, 2.45) is 5.73 Å². The summed E-state index contributed by atoms with van der Waals surface area (Å²) in [5, 5.41) is 0. The molecule has 0 bridgehead atoms. The first-order valence-electron chi connectivity index (χ1n) is 4.94. The zero-order valence-electron chi connectivity index (χ0n) is 8.68. The highest BCUT2D eigenvalue weighted by Crippen LogP contribution is 2.27. The highest BCUT2D eigenvalue weighted by Gasteiger charge is 2.27. The van der Waals surface area contributed by atoms with Crippen molar-refractivity contribution in [3.05, 3.63) is 24.3 Å². The summed E-state index contributed by atoms with van der Waals surface area (Å²) in [6.45, 7) is 1.10. The Hall–Kier alpha value is -1.26. The Bertz CT molecular complexity index is 329. The van der Waals surface area contributed by atoms with Crippen LogP contribution in [0.4, 0.5) is 0 Å². The molecule has 0 spiro atoms. The Morgan fingerprint density at radius 2 is 2.00 bits per heavy atom. The molecule has 0 radical (unpaired) electrons. The van der Waals surface area contributed by atoms with Gasteiger partial charge < -0.3 is 19.9 Å². The van der Waals surface area contributed by atoms with Crippen molar-refractivity contribution in [1.82, 2.24) is 0 Å². The maximum Gasteiger partial charge on any atom is 0.161 e. The van der Waals surface area contributed by atoms with Gasteiger partial charge >= 0.3 is 0 Å². The number of hydrogen-bond donors (Lipinski definition) is 1. The standard InChI is InChI=1S/C11H15NO3/c1-13-9-4-2-3-5-10(9)15-11-7-14-6-8(11)12/h2-5,8,11H,6-7,12H2,1H3/t8-,11+/m1/s1. The molecule has 1 aromatic rings. The summed E-state index contributed by atoms with van der Waals surface area (Å²) in [7, 11) is 1.62. The van der Waals surface area contributed by atoms with Gasteiger partial charge in [-0.1, -0.05) is 12.1 Å². The van der Waals surface area contributed by atoms with Crippen LogP contribution in [0.1, 0.15) is 0 Å². The fraction of sp³-hybridized carbons (Fsp3) is 0.455. The largest absolute Gasteiger partial charge is 0.493 e. The summed E-state index contributed by atoms with van der Waals surface area (Å²) in [6.07, 6.45) is -0.0821. The van der Waals surface area contributed by atoms with Crippen LogP contribution < -0.4 is 15.2 Å². The molecule has 1 aliphatic rings. The van der Waals surface area contributed by atoms with Gasteiger partial charge in [0.05, 0.1) is 26.4 Å². The van der Waals surface area contributed by atoms with Crippen LogP contribution in [0.15, 0.2) is 24.3 Å². The van der Waals surface area contributed by atoms with E-state index >= 15 is 0 Å². The van der Waals surface area contributed by atoms with Crippen molar-refractivity contribution in [2.45, 2.75) is 12.1 Å². The Morgan fingerprint density at radius 1 is 1.27 bits per heavy atom. The number of ether oxygens (including phenoxy) is 3. The Balaban J connectivity index is 2.09. The molecule has 2 N–H and O–H groups in total. The third-order valence-corrected chi connectivity index (χ3v) is 2.42. The minimum absolute atomic E-state index is 0.0603. The number of benzene rings is 1. The van der Waals surface area contributed by atoms with Crippen molar-refractivity contribution < 1.29 is 14.2 Å². The van der Waals surface area contributed by atoms with E-state index in [4.69, 9.17) is 19.9 Å². The summed E-state index contributed by atoms with van der Waals surface area (Å²) in [6, 6.07) is 7.46. The molecule has 15 heavy (non-hydrogen) atoms. The maximum atomic E-state index is 5.83. The van der Waals surface area contributed by atoms with Gasteiger partial charge in [-0.15, -0.1) is 0 Å². The lowest BCUT2D eigenvalue weighted by Gasteiger charge is -2.17. The van der Waals surface area contributed by atoms with E-state index < -0.39 is 0 Å².